The Morgan fingerprint density at radius 1 is 0.443 bits per heavy atom. The second kappa shape index (κ2) is 13.2. The first-order valence-corrected chi connectivity index (χ1v) is 23.9. The zero-order valence-corrected chi connectivity index (χ0v) is 37.3. The van der Waals surface area contributed by atoms with Crippen molar-refractivity contribution in [1.29, 1.82) is 0 Å². The minimum atomic E-state index is 0.0825. The maximum absolute atomic E-state index is 6.71. The molecule has 0 N–H and O–H groups in total. The SMILES string of the molecule is C1=CC2c3ccccc3-c3cccc4c3c3c5c(ccc3n4-c3cccc(-c4nc(-c6ccccc6)nc(-n6c7cccc8c9ccccc9c9cccc%10oc%11ccc6c(c%11c%109)c87)n4)c3)OC(=C1)C52. The Hall–Kier alpha value is -9.33. The minimum Gasteiger partial charge on any atom is -0.461 e. The Labute approximate surface area is 398 Å². The van der Waals surface area contributed by atoms with Crippen molar-refractivity contribution >= 4 is 87.1 Å². The molecular weight excluding hydrogens is 859 g/mol. The van der Waals surface area contributed by atoms with Crippen molar-refractivity contribution in [3.63, 3.8) is 0 Å². The van der Waals surface area contributed by atoms with Crippen LogP contribution in [0.1, 0.15) is 23.0 Å². The Morgan fingerprint density at radius 3 is 1.99 bits per heavy atom. The van der Waals surface area contributed by atoms with Crippen LogP contribution in [0.4, 0.5) is 0 Å². The van der Waals surface area contributed by atoms with E-state index in [1.807, 2.05) is 18.2 Å². The molecule has 17 rings (SSSR count). The number of nitrogens with zero attached hydrogens (tertiary/aromatic N) is 5. The van der Waals surface area contributed by atoms with Gasteiger partial charge < -0.3 is 13.7 Å². The second-order valence-electron chi connectivity index (χ2n) is 18.9. The fraction of sp³-hybridized carbons (Fsp3) is 0.0317. The van der Waals surface area contributed by atoms with Crippen LogP contribution in [0, 0.1) is 0 Å². The van der Waals surface area contributed by atoms with Crippen LogP contribution >= 0.6 is 0 Å². The van der Waals surface area contributed by atoms with E-state index in [1.165, 1.54) is 43.8 Å². The van der Waals surface area contributed by atoms with Gasteiger partial charge in [0.25, 0.3) is 0 Å². The highest BCUT2D eigenvalue weighted by molar-refractivity contribution is 6.38. The average Bonchev–Trinajstić information content (AvgIpc) is 4.18. The van der Waals surface area contributed by atoms with Crippen LogP contribution < -0.4 is 4.74 Å². The third-order valence-electron chi connectivity index (χ3n) is 15.5. The number of aromatic nitrogens is 5. The molecule has 10 aromatic carbocycles. The average molecular weight is 894 g/mol. The molecule has 3 aliphatic rings. The van der Waals surface area contributed by atoms with Gasteiger partial charge in [0, 0.05) is 60.6 Å². The number of rotatable bonds is 4. The van der Waals surface area contributed by atoms with E-state index in [2.05, 4.69) is 191 Å². The summed E-state index contributed by atoms with van der Waals surface area (Å²) in [6.45, 7) is 0. The zero-order valence-electron chi connectivity index (χ0n) is 37.3. The molecule has 70 heavy (non-hydrogen) atoms. The Morgan fingerprint density at radius 2 is 1.10 bits per heavy atom. The predicted octanol–water partition coefficient (Wildman–Crippen LogP) is 15.7. The molecule has 0 spiro atoms. The van der Waals surface area contributed by atoms with Crippen molar-refractivity contribution in [3.8, 4) is 51.3 Å². The van der Waals surface area contributed by atoms with Crippen LogP contribution in [0.3, 0.4) is 0 Å². The fourth-order valence-electron chi connectivity index (χ4n) is 12.7. The summed E-state index contributed by atoms with van der Waals surface area (Å²) in [6, 6.07) is 65.0. The molecule has 7 heteroatoms. The van der Waals surface area contributed by atoms with Gasteiger partial charge in [0.2, 0.25) is 5.95 Å². The maximum atomic E-state index is 6.71. The van der Waals surface area contributed by atoms with Gasteiger partial charge in [-0.25, -0.2) is 4.98 Å². The highest BCUT2D eigenvalue weighted by atomic mass is 16.5. The van der Waals surface area contributed by atoms with E-state index in [0.717, 1.165) is 93.9 Å². The van der Waals surface area contributed by atoms with Gasteiger partial charge in [-0.2, -0.15) is 9.97 Å². The molecule has 0 amide bonds. The quantitative estimate of drug-likeness (QED) is 0.176. The van der Waals surface area contributed by atoms with E-state index in [0.29, 0.717) is 17.6 Å². The van der Waals surface area contributed by atoms with Crippen LogP contribution in [-0.2, 0) is 0 Å². The molecule has 2 unspecified atom stereocenters. The molecular formula is C63H35N5O2. The summed E-state index contributed by atoms with van der Waals surface area (Å²) in [5.74, 6) is 3.91. The Kier molecular flexibility index (Phi) is 6.94. The highest BCUT2D eigenvalue weighted by Crippen LogP contribution is 2.58. The van der Waals surface area contributed by atoms with Gasteiger partial charge >= 0.3 is 0 Å². The number of benzene rings is 9. The molecule has 0 fully saturated rings. The van der Waals surface area contributed by atoms with Gasteiger partial charge in [-0.15, -0.1) is 0 Å². The largest absolute Gasteiger partial charge is 0.461 e. The Balaban J connectivity index is 0.936. The van der Waals surface area contributed by atoms with E-state index in [-0.39, 0.29) is 11.8 Å². The van der Waals surface area contributed by atoms with Gasteiger partial charge in [-0.1, -0.05) is 140 Å². The minimum absolute atomic E-state index is 0.0825. The molecule has 14 aromatic rings. The molecule has 7 nitrogen and oxygen atoms in total. The van der Waals surface area contributed by atoms with Crippen molar-refractivity contribution in [2.24, 2.45) is 0 Å². The van der Waals surface area contributed by atoms with Crippen LogP contribution in [0.15, 0.2) is 210 Å². The molecule has 0 saturated carbocycles. The van der Waals surface area contributed by atoms with E-state index in [4.69, 9.17) is 24.1 Å². The smallest absolute Gasteiger partial charge is 0.238 e. The van der Waals surface area contributed by atoms with Crippen molar-refractivity contribution in [2.45, 2.75) is 11.8 Å². The van der Waals surface area contributed by atoms with Crippen LogP contribution in [-0.4, -0.2) is 24.1 Å². The number of allylic oxidation sites excluding steroid dienone is 4. The van der Waals surface area contributed by atoms with E-state index >= 15 is 0 Å². The molecule has 0 bridgehead atoms. The van der Waals surface area contributed by atoms with E-state index in [1.54, 1.807) is 0 Å². The van der Waals surface area contributed by atoms with Gasteiger partial charge in [0.1, 0.15) is 22.7 Å². The molecule has 4 aromatic heterocycles. The summed E-state index contributed by atoms with van der Waals surface area (Å²) in [6.07, 6.45) is 6.67. The molecule has 5 heterocycles. The van der Waals surface area contributed by atoms with Crippen molar-refractivity contribution in [2.75, 3.05) is 0 Å². The lowest BCUT2D eigenvalue weighted by Gasteiger charge is -2.28. The fourth-order valence-corrected chi connectivity index (χ4v) is 12.7. The first-order valence-electron chi connectivity index (χ1n) is 23.9. The van der Waals surface area contributed by atoms with E-state index < -0.39 is 0 Å². The lowest BCUT2D eigenvalue weighted by Crippen LogP contribution is -2.14. The van der Waals surface area contributed by atoms with Gasteiger partial charge in [0.05, 0.1) is 28.0 Å². The molecule has 1 aliphatic heterocycles. The lowest BCUT2D eigenvalue weighted by atomic mass is 9.73. The summed E-state index contributed by atoms with van der Waals surface area (Å²) in [5.41, 5.74) is 13.9. The van der Waals surface area contributed by atoms with E-state index in [9.17, 15) is 0 Å². The second-order valence-corrected chi connectivity index (χ2v) is 18.9. The van der Waals surface area contributed by atoms with Gasteiger partial charge in [-0.05, 0) is 98.9 Å². The number of hydrogen-bond donors (Lipinski definition) is 0. The number of hydrogen-bond acceptors (Lipinski definition) is 5. The number of furan rings is 1. The van der Waals surface area contributed by atoms with Crippen molar-refractivity contribution < 1.29 is 9.15 Å². The van der Waals surface area contributed by atoms with Crippen LogP contribution in [0.2, 0.25) is 0 Å². The zero-order chi connectivity index (χ0) is 45.3. The molecule has 324 valence electrons. The third kappa shape index (κ3) is 4.66. The summed E-state index contributed by atoms with van der Waals surface area (Å²) in [7, 11) is 0. The summed E-state index contributed by atoms with van der Waals surface area (Å²) < 4.78 is 18.0. The molecule has 2 aliphatic carbocycles. The lowest BCUT2D eigenvalue weighted by molar-refractivity contribution is 0.417. The number of ether oxygens (including phenoxy) is 1. The molecule has 2 atom stereocenters. The van der Waals surface area contributed by atoms with Crippen LogP contribution in [0.25, 0.3) is 133 Å². The van der Waals surface area contributed by atoms with Gasteiger partial charge in [-0.3, -0.25) is 4.57 Å². The van der Waals surface area contributed by atoms with Crippen LogP contribution in [0.5, 0.6) is 5.75 Å². The number of fused-ring (bicyclic) bond motifs is 6. The maximum Gasteiger partial charge on any atom is 0.238 e. The first kappa shape index (κ1) is 36.7. The predicted molar refractivity (Wildman–Crippen MR) is 282 cm³/mol. The summed E-state index contributed by atoms with van der Waals surface area (Å²) >= 11 is 0. The highest BCUT2D eigenvalue weighted by Gasteiger charge is 2.42. The monoisotopic (exact) mass is 893 g/mol. The summed E-state index contributed by atoms with van der Waals surface area (Å²) in [4.78, 5) is 16.2. The van der Waals surface area contributed by atoms with Crippen molar-refractivity contribution in [3.05, 3.63) is 217 Å². The summed E-state index contributed by atoms with van der Waals surface area (Å²) in [5, 5.41) is 11.7. The first-order chi connectivity index (χ1) is 34.7. The Bertz CT molecular complexity index is 4700. The standard InChI is InChI=1S/C63H35N5O2/c1-2-13-34(14-3-1)61-64-62(66-63(65-61)68-46-26-10-22-42-38-18-5-7-20-40(38)44-24-12-28-50-56(44)60-52(70-50)32-30-48(68)58(60)54(42)46)35-15-8-16-36(33-35)67-45-25-9-21-41-37-17-4-6-19-39(37)43-23-11-27-49-55(43)59-51(69-49)31-29-47(67)57(59)53(41)45/h1-33,43,55H. The van der Waals surface area contributed by atoms with Crippen molar-refractivity contribution in [1.82, 2.24) is 24.1 Å². The van der Waals surface area contributed by atoms with Gasteiger partial charge in [0.15, 0.2) is 11.6 Å². The normalized spacial score (nSPS) is 15.9. The third-order valence-corrected chi connectivity index (χ3v) is 15.5. The topological polar surface area (TPSA) is 70.9 Å². The molecule has 0 saturated heterocycles. The molecule has 0 radical (unpaired) electrons.